The number of rotatable bonds is 7. The van der Waals surface area contributed by atoms with Crippen LogP contribution in [-0.2, 0) is 14.3 Å². The van der Waals surface area contributed by atoms with E-state index < -0.39 is 0 Å². The summed E-state index contributed by atoms with van der Waals surface area (Å²) in [4.78, 5) is 22.0. The van der Waals surface area contributed by atoms with E-state index >= 15 is 0 Å². The molecule has 1 amide bonds. The van der Waals surface area contributed by atoms with E-state index in [1.165, 1.54) is 14.0 Å². The number of nitrogens with one attached hydrogen (secondary N) is 2. The van der Waals surface area contributed by atoms with Crippen LogP contribution in [0.15, 0.2) is 24.3 Å². The summed E-state index contributed by atoms with van der Waals surface area (Å²) in [5.41, 5.74) is 1.88. The quantitative estimate of drug-likeness (QED) is 0.593. The Bertz CT molecular complexity index is 460. The Morgan fingerprint density at radius 1 is 1.35 bits per heavy atom. The minimum Gasteiger partial charge on any atom is -0.469 e. The molecule has 20 heavy (non-hydrogen) atoms. The molecule has 110 valence electrons. The molecular weight excluding hydrogens is 256 g/mol. The Kier molecular flexibility index (Phi) is 6.73. The largest absolute Gasteiger partial charge is 0.469 e. The van der Waals surface area contributed by atoms with Crippen molar-refractivity contribution >= 4 is 17.6 Å². The van der Waals surface area contributed by atoms with Gasteiger partial charge in [-0.05, 0) is 37.6 Å². The lowest BCUT2D eigenvalue weighted by Gasteiger charge is -2.15. The Morgan fingerprint density at radius 3 is 2.75 bits per heavy atom. The van der Waals surface area contributed by atoms with Crippen LogP contribution in [0.5, 0.6) is 0 Å². The summed E-state index contributed by atoms with van der Waals surface area (Å²) >= 11 is 0. The molecule has 0 fully saturated rings. The summed E-state index contributed by atoms with van der Waals surface area (Å²) in [5.74, 6) is -0.270. The molecule has 1 aromatic carbocycles. The van der Waals surface area contributed by atoms with Crippen LogP contribution in [-0.4, -0.2) is 25.5 Å². The lowest BCUT2D eigenvalue weighted by Crippen LogP contribution is -2.21. The maximum absolute atomic E-state index is 11.0. The van der Waals surface area contributed by atoms with Gasteiger partial charge in [-0.25, -0.2) is 0 Å². The molecule has 0 aliphatic rings. The molecule has 0 saturated heterocycles. The van der Waals surface area contributed by atoms with E-state index in [0.717, 1.165) is 24.2 Å². The normalized spacial score (nSPS) is 11.8. The van der Waals surface area contributed by atoms with Gasteiger partial charge in [0.15, 0.2) is 0 Å². The first-order valence-electron chi connectivity index (χ1n) is 6.70. The fourth-order valence-electron chi connectivity index (χ4n) is 1.86. The highest BCUT2D eigenvalue weighted by molar-refractivity contribution is 5.88. The Balaban J connectivity index is 2.44. The molecule has 1 unspecified atom stereocenters. The smallest absolute Gasteiger partial charge is 0.305 e. The van der Waals surface area contributed by atoms with Crippen molar-refractivity contribution in [2.24, 2.45) is 0 Å². The van der Waals surface area contributed by atoms with Crippen LogP contribution in [0.4, 0.5) is 5.69 Å². The van der Waals surface area contributed by atoms with E-state index in [-0.39, 0.29) is 17.9 Å². The standard InChI is InChI=1S/C15H22N2O3/c1-11(16-9-5-8-15(19)20-3)13-6-4-7-14(10-13)17-12(2)18/h4,6-7,10-11,16H,5,8-9H2,1-3H3,(H,17,18). The molecule has 0 aliphatic heterocycles. The number of amides is 1. The third-order valence-corrected chi connectivity index (χ3v) is 2.94. The Morgan fingerprint density at radius 2 is 2.10 bits per heavy atom. The van der Waals surface area contributed by atoms with Gasteiger partial charge in [0.25, 0.3) is 0 Å². The van der Waals surface area contributed by atoms with Gasteiger partial charge in [0.2, 0.25) is 5.91 Å². The van der Waals surface area contributed by atoms with Crippen molar-refractivity contribution in [2.75, 3.05) is 19.0 Å². The molecule has 0 saturated carbocycles. The SMILES string of the molecule is COC(=O)CCCNC(C)c1cccc(NC(C)=O)c1. The van der Waals surface area contributed by atoms with Crippen molar-refractivity contribution in [3.05, 3.63) is 29.8 Å². The highest BCUT2D eigenvalue weighted by Crippen LogP contribution is 2.17. The second-order valence-electron chi connectivity index (χ2n) is 4.66. The molecule has 2 N–H and O–H groups in total. The number of benzene rings is 1. The van der Waals surface area contributed by atoms with Crippen molar-refractivity contribution in [3.63, 3.8) is 0 Å². The average Bonchev–Trinajstić information content (AvgIpc) is 2.42. The van der Waals surface area contributed by atoms with E-state index in [9.17, 15) is 9.59 Å². The second-order valence-corrected chi connectivity index (χ2v) is 4.66. The van der Waals surface area contributed by atoms with Crippen molar-refractivity contribution < 1.29 is 14.3 Å². The van der Waals surface area contributed by atoms with Gasteiger partial charge in [0, 0.05) is 25.1 Å². The van der Waals surface area contributed by atoms with Crippen molar-refractivity contribution in [1.82, 2.24) is 5.32 Å². The first-order valence-corrected chi connectivity index (χ1v) is 6.70. The van der Waals surface area contributed by atoms with Crippen LogP contribution in [0.3, 0.4) is 0 Å². The summed E-state index contributed by atoms with van der Waals surface area (Å²) in [5, 5.41) is 6.10. The van der Waals surface area contributed by atoms with Crippen LogP contribution in [0, 0.1) is 0 Å². The zero-order chi connectivity index (χ0) is 15.0. The predicted octanol–water partition coefficient (Wildman–Crippen LogP) is 2.25. The topological polar surface area (TPSA) is 67.4 Å². The molecule has 0 spiro atoms. The molecule has 1 rings (SSSR count). The van der Waals surface area contributed by atoms with Gasteiger partial charge in [-0.3, -0.25) is 9.59 Å². The van der Waals surface area contributed by atoms with Gasteiger partial charge in [0.1, 0.15) is 0 Å². The zero-order valence-electron chi connectivity index (χ0n) is 12.2. The van der Waals surface area contributed by atoms with E-state index in [1.54, 1.807) is 0 Å². The highest BCUT2D eigenvalue weighted by atomic mass is 16.5. The molecule has 0 heterocycles. The number of hydrogen-bond acceptors (Lipinski definition) is 4. The van der Waals surface area contributed by atoms with Gasteiger partial charge in [-0.2, -0.15) is 0 Å². The summed E-state index contributed by atoms with van der Waals surface area (Å²) in [6.45, 7) is 4.27. The van der Waals surface area contributed by atoms with Crippen LogP contribution in [0.1, 0.15) is 38.3 Å². The summed E-state index contributed by atoms with van der Waals surface area (Å²) in [6, 6.07) is 7.87. The van der Waals surface area contributed by atoms with E-state index in [1.807, 2.05) is 31.2 Å². The van der Waals surface area contributed by atoms with E-state index in [2.05, 4.69) is 15.4 Å². The second kappa shape index (κ2) is 8.32. The molecule has 5 nitrogen and oxygen atoms in total. The van der Waals surface area contributed by atoms with Gasteiger partial charge >= 0.3 is 5.97 Å². The summed E-state index contributed by atoms with van der Waals surface area (Å²) in [7, 11) is 1.39. The van der Waals surface area contributed by atoms with Gasteiger partial charge in [0.05, 0.1) is 7.11 Å². The number of carbonyl (C=O) groups is 2. The van der Waals surface area contributed by atoms with Crippen LogP contribution in [0.25, 0.3) is 0 Å². The van der Waals surface area contributed by atoms with Gasteiger partial charge in [-0.1, -0.05) is 12.1 Å². The number of anilines is 1. The van der Waals surface area contributed by atoms with E-state index in [4.69, 9.17) is 0 Å². The maximum Gasteiger partial charge on any atom is 0.305 e. The molecular formula is C15H22N2O3. The third-order valence-electron chi connectivity index (χ3n) is 2.94. The Hall–Kier alpha value is -1.88. The Labute approximate surface area is 119 Å². The molecule has 0 aromatic heterocycles. The van der Waals surface area contributed by atoms with Crippen molar-refractivity contribution in [2.45, 2.75) is 32.7 Å². The molecule has 1 atom stereocenters. The third kappa shape index (κ3) is 5.84. The maximum atomic E-state index is 11.0. The van der Waals surface area contributed by atoms with Gasteiger partial charge in [-0.15, -0.1) is 0 Å². The minimum atomic E-state index is -0.188. The monoisotopic (exact) mass is 278 g/mol. The molecule has 0 bridgehead atoms. The molecule has 5 heteroatoms. The molecule has 0 aliphatic carbocycles. The van der Waals surface area contributed by atoms with Crippen molar-refractivity contribution in [1.29, 1.82) is 0 Å². The fraction of sp³-hybridized carbons (Fsp3) is 0.467. The zero-order valence-corrected chi connectivity index (χ0v) is 12.2. The number of hydrogen-bond donors (Lipinski definition) is 2. The number of ether oxygens (including phenoxy) is 1. The number of carbonyl (C=O) groups excluding carboxylic acids is 2. The number of methoxy groups -OCH3 is 1. The van der Waals surface area contributed by atoms with Gasteiger partial charge < -0.3 is 15.4 Å². The molecule has 1 aromatic rings. The average molecular weight is 278 g/mol. The van der Waals surface area contributed by atoms with Crippen molar-refractivity contribution in [3.8, 4) is 0 Å². The lowest BCUT2D eigenvalue weighted by molar-refractivity contribution is -0.140. The minimum absolute atomic E-state index is 0.0826. The van der Waals surface area contributed by atoms with Crippen LogP contribution >= 0.6 is 0 Å². The summed E-state index contributed by atoms with van der Waals surface area (Å²) in [6.07, 6.45) is 1.16. The predicted molar refractivity (Wildman–Crippen MR) is 78.4 cm³/mol. The van der Waals surface area contributed by atoms with E-state index in [0.29, 0.717) is 6.42 Å². The summed E-state index contributed by atoms with van der Waals surface area (Å²) < 4.78 is 4.59. The number of esters is 1. The fourth-order valence-corrected chi connectivity index (χ4v) is 1.86. The lowest BCUT2D eigenvalue weighted by atomic mass is 10.1. The molecule has 0 radical (unpaired) electrons. The van der Waals surface area contributed by atoms with Crippen LogP contribution in [0.2, 0.25) is 0 Å². The first kappa shape index (κ1) is 16.2. The first-order chi connectivity index (χ1) is 9.52. The highest BCUT2D eigenvalue weighted by Gasteiger charge is 2.06. The van der Waals surface area contributed by atoms with Crippen LogP contribution < -0.4 is 10.6 Å².